The highest BCUT2D eigenvalue weighted by Crippen LogP contribution is 2.17. The number of rotatable bonds is 7. The number of nitrogens with one attached hydrogen (secondary N) is 2. The summed E-state index contributed by atoms with van der Waals surface area (Å²) in [6.07, 6.45) is 1.68. The third kappa shape index (κ3) is 7.31. The number of amides is 2. The normalized spacial score (nSPS) is 20.3. The second-order valence-electron chi connectivity index (χ2n) is 7.05. The molecular weight excluding hydrogens is 392 g/mol. The number of nitrogens with zero attached hydrogens (tertiary/aromatic N) is 2. The van der Waals surface area contributed by atoms with Crippen molar-refractivity contribution in [2.75, 3.05) is 32.6 Å². The van der Waals surface area contributed by atoms with Gasteiger partial charge in [-0.15, -0.1) is 17.5 Å². The van der Waals surface area contributed by atoms with Crippen molar-refractivity contribution < 1.29 is 19.1 Å². The molecule has 27 heavy (non-hydrogen) atoms. The lowest BCUT2D eigenvalue weighted by atomic mass is 9.96. The number of hydrazone groups is 1. The maximum Gasteiger partial charge on any atom is 0.309 e. The topological polar surface area (TPSA) is 100 Å². The van der Waals surface area contributed by atoms with Crippen LogP contribution in [0, 0.1) is 11.8 Å². The zero-order valence-corrected chi connectivity index (χ0v) is 17.7. The maximum absolute atomic E-state index is 12.5. The lowest BCUT2D eigenvalue weighted by Gasteiger charge is -2.25. The molecule has 0 aromatic heterocycles. The Bertz CT molecular complexity index is 567. The number of carbonyl (C=O) groups is 3. The van der Waals surface area contributed by atoms with E-state index in [4.69, 9.17) is 4.74 Å². The average Bonchev–Trinajstić information content (AvgIpc) is 3.03. The van der Waals surface area contributed by atoms with Gasteiger partial charge in [-0.2, -0.15) is 0 Å². The van der Waals surface area contributed by atoms with E-state index in [0.717, 1.165) is 12.3 Å². The van der Waals surface area contributed by atoms with E-state index >= 15 is 0 Å². The molecule has 2 rings (SSSR count). The van der Waals surface area contributed by atoms with Crippen LogP contribution in [-0.2, 0) is 19.1 Å². The van der Waals surface area contributed by atoms with Crippen LogP contribution >= 0.6 is 24.2 Å². The molecule has 2 fully saturated rings. The van der Waals surface area contributed by atoms with Crippen molar-refractivity contribution in [1.82, 2.24) is 15.6 Å². The first-order chi connectivity index (χ1) is 12.4. The molecule has 2 aliphatic heterocycles. The SMILES string of the molecule is CC(C)C[C@H](NC(=O)C1CCOCC1)C(=O)C(=O)NN=C1SCCN1C.Cl. The molecule has 1 atom stereocenters. The van der Waals surface area contributed by atoms with Gasteiger partial charge in [0, 0.05) is 38.5 Å². The molecule has 10 heteroatoms. The molecule has 0 unspecified atom stereocenters. The van der Waals surface area contributed by atoms with Crippen molar-refractivity contribution in [2.24, 2.45) is 16.9 Å². The van der Waals surface area contributed by atoms with Gasteiger partial charge in [0.2, 0.25) is 11.7 Å². The molecule has 8 nitrogen and oxygen atoms in total. The number of amidine groups is 1. The Morgan fingerprint density at radius 1 is 1.30 bits per heavy atom. The molecule has 0 aliphatic carbocycles. The fraction of sp³-hybridized carbons (Fsp3) is 0.765. The van der Waals surface area contributed by atoms with Crippen LogP contribution in [-0.4, -0.2) is 66.3 Å². The lowest BCUT2D eigenvalue weighted by Crippen LogP contribution is -2.49. The van der Waals surface area contributed by atoms with E-state index in [1.54, 1.807) is 0 Å². The minimum atomic E-state index is -0.834. The van der Waals surface area contributed by atoms with Crippen molar-refractivity contribution in [1.29, 1.82) is 0 Å². The van der Waals surface area contributed by atoms with Gasteiger partial charge in [0.1, 0.15) is 0 Å². The zero-order valence-electron chi connectivity index (χ0n) is 16.0. The van der Waals surface area contributed by atoms with E-state index < -0.39 is 17.7 Å². The Kier molecular flexibility index (Phi) is 10.1. The summed E-state index contributed by atoms with van der Waals surface area (Å²) in [5, 5.41) is 7.46. The molecule has 0 bridgehead atoms. The van der Waals surface area contributed by atoms with Crippen LogP contribution < -0.4 is 10.7 Å². The van der Waals surface area contributed by atoms with Crippen LogP contribution in [0.2, 0.25) is 0 Å². The highest BCUT2D eigenvalue weighted by Gasteiger charge is 2.31. The van der Waals surface area contributed by atoms with Gasteiger partial charge in [-0.05, 0) is 25.2 Å². The molecule has 0 spiro atoms. The number of carbonyl (C=O) groups excluding carboxylic acids is 3. The summed E-state index contributed by atoms with van der Waals surface area (Å²) in [6, 6.07) is -0.834. The van der Waals surface area contributed by atoms with Crippen LogP contribution in [0.15, 0.2) is 5.10 Å². The van der Waals surface area contributed by atoms with Crippen molar-refractivity contribution in [2.45, 2.75) is 39.2 Å². The molecule has 2 heterocycles. The Hall–Kier alpha value is -1.32. The molecule has 0 aromatic carbocycles. The minimum Gasteiger partial charge on any atom is -0.381 e. The highest BCUT2D eigenvalue weighted by atomic mass is 35.5. The Balaban J connectivity index is 0.00000364. The summed E-state index contributed by atoms with van der Waals surface area (Å²) >= 11 is 1.52. The average molecular weight is 421 g/mol. The molecule has 2 N–H and O–H groups in total. The number of ketones is 1. The van der Waals surface area contributed by atoms with Crippen molar-refractivity contribution >= 4 is 46.9 Å². The standard InChI is InChI=1S/C17H28N4O4S.ClH/c1-11(2)10-13(18-15(23)12-4-7-25-8-5-12)14(22)16(24)19-20-17-21(3)6-9-26-17;/h11-13H,4-10H2,1-3H3,(H,18,23)(H,19,24);1H/t13-;/m0./s1. The van der Waals surface area contributed by atoms with Gasteiger partial charge in [0.15, 0.2) is 5.17 Å². The van der Waals surface area contributed by atoms with E-state index in [2.05, 4.69) is 15.8 Å². The third-order valence-corrected chi connectivity index (χ3v) is 5.44. The fourth-order valence-electron chi connectivity index (χ4n) is 2.86. The second-order valence-corrected chi connectivity index (χ2v) is 8.11. The summed E-state index contributed by atoms with van der Waals surface area (Å²) in [4.78, 5) is 39.1. The third-order valence-electron chi connectivity index (χ3n) is 4.39. The molecule has 2 aliphatic rings. The molecule has 154 valence electrons. The van der Waals surface area contributed by atoms with Crippen LogP contribution in [0.25, 0.3) is 0 Å². The summed E-state index contributed by atoms with van der Waals surface area (Å²) in [7, 11) is 1.88. The van der Waals surface area contributed by atoms with Crippen LogP contribution in [0.1, 0.15) is 33.1 Å². The summed E-state index contributed by atoms with van der Waals surface area (Å²) in [5.74, 6) is -0.744. The first-order valence-electron chi connectivity index (χ1n) is 9.02. The smallest absolute Gasteiger partial charge is 0.309 e. The van der Waals surface area contributed by atoms with E-state index in [1.165, 1.54) is 11.8 Å². The molecule has 2 amide bonds. The lowest BCUT2D eigenvalue weighted by molar-refractivity contribution is -0.141. The van der Waals surface area contributed by atoms with Crippen molar-refractivity contribution in [3.05, 3.63) is 0 Å². The zero-order chi connectivity index (χ0) is 19.1. The quantitative estimate of drug-likeness (QED) is 0.470. The Morgan fingerprint density at radius 3 is 2.52 bits per heavy atom. The van der Waals surface area contributed by atoms with E-state index in [9.17, 15) is 14.4 Å². The number of ether oxygens (including phenoxy) is 1. The largest absolute Gasteiger partial charge is 0.381 e. The summed E-state index contributed by atoms with van der Waals surface area (Å²) in [5.41, 5.74) is 2.33. The maximum atomic E-state index is 12.5. The van der Waals surface area contributed by atoms with Crippen molar-refractivity contribution in [3.8, 4) is 0 Å². The molecule has 0 radical (unpaired) electrons. The van der Waals surface area contributed by atoms with Gasteiger partial charge < -0.3 is 15.0 Å². The monoisotopic (exact) mass is 420 g/mol. The number of thioether (sulfide) groups is 1. The predicted molar refractivity (Wildman–Crippen MR) is 108 cm³/mol. The Labute approximate surface area is 170 Å². The second kappa shape index (κ2) is 11.5. The van der Waals surface area contributed by atoms with E-state index in [0.29, 0.717) is 37.6 Å². The van der Waals surface area contributed by atoms with E-state index in [1.807, 2.05) is 25.8 Å². The van der Waals surface area contributed by atoms with Gasteiger partial charge >= 0.3 is 5.91 Å². The molecular formula is C17H29ClN4O4S. The molecule has 0 saturated carbocycles. The summed E-state index contributed by atoms with van der Waals surface area (Å²) < 4.78 is 5.26. The molecule has 0 aromatic rings. The minimum absolute atomic E-state index is 0. The first-order valence-corrected chi connectivity index (χ1v) is 10.0. The van der Waals surface area contributed by atoms with Gasteiger partial charge in [0.25, 0.3) is 0 Å². The van der Waals surface area contributed by atoms with E-state index in [-0.39, 0.29) is 30.2 Å². The van der Waals surface area contributed by atoms with Gasteiger partial charge in [0.05, 0.1) is 6.04 Å². The number of hydrogen-bond acceptors (Lipinski definition) is 6. The van der Waals surface area contributed by atoms with Gasteiger partial charge in [-0.1, -0.05) is 25.6 Å². The predicted octanol–water partition coefficient (Wildman–Crippen LogP) is 1.00. The number of Topliss-reactive ketones (excluding diaryl/α,β-unsaturated/α-hetero) is 1. The number of halogens is 1. The van der Waals surface area contributed by atoms with Crippen molar-refractivity contribution in [3.63, 3.8) is 0 Å². The Morgan fingerprint density at radius 2 is 1.96 bits per heavy atom. The van der Waals surface area contributed by atoms with Gasteiger partial charge in [-0.3, -0.25) is 14.4 Å². The van der Waals surface area contributed by atoms with Crippen LogP contribution in [0.3, 0.4) is 0 Å². The number of hydrogen-bond donors (Lipinski definition) is 2. The summed E-state index contributed by atoms with van der Waals surface area (Å²) in [6.45, 7) is 5.84. The highest BCUT2D eigenvalue weighted by molar-refractivity contribution is 8.14. The first kappa shape index (κ1) is 23.7. The molecule has 2 saturated heterocycles. The van der Waals surface area contributed by atoms with Crippen LogP contribution in [0.5, 0.6) is 0 Å². The van der Waals surface area contributed by atoms with Gasteiger partial charge in [-0.25, -0.2) is 5.43 Å². The fourth-order valence-corrected chi connectivity index (χ4v) is 3.83. The van der Waals surface area contributed by atoms with Crippen LogP contribution in [0.4, 0.5) is 0 Å².